The number of sulfonamides is 1. The van der Waals surface area contributed by atoms with Gasteiger partial charge in [0, 0.05) is 19.7 Å². The Kier molecular flexibility index (Phi) is 3.03. The van der Waals surface area contributed by atoms with Crippen LogP contribution < -0.4 is 0 Å². The second-order valence-corrected chi connectivity index (χ2v) is 5.13. The Morgan fingerprint density at radius 1 is 1.29 bits per heavy atom. The molecule has 0 aliphatic rings. The number of carbonyl (C=O) groups excluding carboxylic acids is 1. The SMILES string of the molecule is CN(C)S(=O)(=O)c1cccc(C=O)c1. The third kappa shape index (κ3) is 2.00. The summed E-state index contributed by atoms with van der Waals surface area (Å²) in [5, 5.41) is 0. The van der Waals surface area contributed by atoms with Gasteiger partial charge in [0.05, 0.1) is 4.90 Å². The lowest BCUT2D eigenvalue weighted by atomic mass is 10.2. The van der Waals surface area contributed by atoms with E-state index in [1.807, 2.05) is 0 Å². The Morgan fingerprint density at radius 2 is 1.93 bits per heavy atom. The molecule has 0 fully saturated rings. The Bertz CT molecular complexity index is 437. The van der Waals surface area contributed by atoms with E-state index in [1.165, 1.54) is 26.2 Å². The number of nitrogens with zero attached hydrogens (tertiary/aromatic N) is 1. The molecule has 0 spiro atoms. The summed E-state index contributed by atoms with van der Waals surface area (Å²) in [7, 11) is -0.540. The fraction of sp³-hybridized carbons (Fsp3) is 0.222. The zero-order valence-electron chi connectivity index (χ0n) is 7.97. The fourth-order valence-corrected chi connectivity index (χ4v) is 1.92. The lowest BCUT2D eigenvalue weighted by Crippen LogP contribution is -2.22. The molecule has 0 radical (unpaired) electrons. The summed E-state index contributed by atoms with van der Waals surface area (Å²) < 4.78 is 24.3. The molecule has 4 nitrogen and oxygen atoms in total. The predicted octanol–water partition coefficient (Wildman–Crippen LogP) is 0.749. The third-order valence-electron chi connectivity index (χ3n) is 1.77. The van der Waals surface area contributed by atoms with Gasteiger partial charge in [-0.05, 0) is 12.1 Å². The molecule has 0 N–H and O–H groups in total. The van der Waals surface area contributed by atoms with E-state index in [1.54, 1.807) is 12.1 Å². The summed E-state index contributed by atoms with van der Waals surface area (Å²) in [5.74, 6) is 0. The molecule has 0 saturated heterocycles. The van der Waals surface area contributed by atoms with Crippen molar-refractivity contribution in [3.05, 3.63) is 29.8 Å². The van der Waals surface area contributed by atoms with E-state index < -0.39 is 10.0 Å². The quantitative estimate of drug-likeness (QED) is 0.696. The second kappa shape index (κ2) is 3.89. The molecule has 76 valence electrons. The Morgan fingerprint density at radius 3 is 2.43 bits per heavy atom. The third-order valence-corrected chi connectivity index (χ3v) is 3.58. The zero-order chi connectivity index (χ0) is 10.8. The molecule has 1 aromatic carbocycles. The number of carbonyl (C=O) groups is 1. The molecule has 0 amide bonds. The smallest absolute Gasteiger partial charge is 0.242 e. The molecule has 0 atom stereocenters. The largest absolute Gasteiger partial charge is 0.298 e. The number of rotatable bonds is 3. The number of hydrogen-bond acceptors (Lipinski definition) is 3. The van der Waals surface area contributed by atoms with Crippen molar-refractivity contribution in [2.24, 2.45) is 0 Å². The monoisotopic (exact) mass is 213 g/mol. The molecule has 0 aliphatic heterocycles. The van der Waals surface area contributed by atoms with Crippen LogP contribution in [0, 0.1) is 0 Å². The van der Waals surface area contributed by atoms with Crippen LogP contribution in [0.5, 0.6) is 0 Å². The maximum atomic E-state index is 11.6. The number of benzene rings is 1. The van der Waals surface area contributed by atoms with E-state index in [9.17, 15) is 13.2 Å². The van der Waals surface area contributed by atoms with E-state index in [4.69, 9.17) is 0 Å². The highest BCUT2D eigenvalue weighted by Crippen LogP contribution is 2.13. The highest BCUT2D eigenvalue weighted by atomic mass is 32.2. The molecule has 0 aromatic heterocycles. The summed E-state index contributed by atoms with van der Waals surface area (Å²) >= 11 is 0. The van der Waals surface area contributed by atoms with Gasteiger partial charge in [0.1, 0.15) is 6.29 Å². The summed E-state index contributed by atoms with van der Waals surface area (Å²) in [6, 6.07) is 5.91. The first-order valence-corrected chi connectivity index (χ1v) is 5.40. The van der Waals surface area contributed by atoms with Crippen LogP contribution in [0.4, 0.5) is 0 Å². The summed E-state index contributed by atoms with van der Waals surface area (Å²) in [5.41, 5.74) is 0.355. The van der Waals surface area contributed by atoms with Gasteiger partial charge in [-0.3, -0.25) is 4.79 Å². The van der Waals surface area contributed by atoms with Crippen molar-refractivity contribution in [1.82, 2.24) is 4.31 Å². The summed E-state index contributed by atoms with van der Waals surface area (Å²) in [4.78, 5) is 10.6. The zero-order valence-corrected chi connectivity index (χ0v) is 8.78. The molecule has 14 heavy (non-hydrogen) atoms. The highest BCUT2D eigenvalue weighted by molar-refractivity contribution is 7.89. The van der Waals surface area contributed by atoms with E-state index in [2.05, 4.69) is 0 Å². The molecule has 0 aliphatic carbocycles. The first kappa shape index (κ1) is 10.9. The van der Waals surface area contributed by atoms with E-state index in [0.29, 0.717) is 11.8 Å². The van der Waals surface area contributed by atoms with Gasteiger partial charge in [-0.2, -0.15) is 0 Å². The minimum Gasteiger partial charge on any atom is -0.298 e. The maximum absolute atomic E-state index is 11.6. The van der Waals surface area contributed by atoms with Gasteiger partial charge in [-0.1, -0.05) is 12.1 Å². The van der Waals surface area contributed by atoms with E-state index >= 15 is 0 Å². The maximum Gasteiger partial charge on any atom is 0.242 e. The second-order valence-electron chi connectivity index (χ2n) is 2.98. The number of aldehydes is 1. The van der Waals surface area contributed by atoms with Crippen molar-refractivity contribution < 1.29 is 13.2 Å². The average Bonchev–Trinajstić information content (AvgIpc) is 2.17. The van der Waals surface area contributed by atoms with Crippen molar-refractivity contribution in [2.75, 3.05) is 14.1 Å². The van der Waals surface area contributed by atoms with Gasteiger partial charge in [0.15, 0.2) is 0 Å². The van der Waals surface area contributed by atoms with Crippen LogP contribution in [0.25, 0.3) is 0 Å². The Labute approximate surface area is 83.2 Å². The van der Waals surface area contributed by atoms with Crippen LogP contribution >= 0.6 is 0 Å². The standard InChI is InChI=1S/C9H11NO3S/c1-10(2)14(12,13)9-5-3-4-8(6-9)7-11/h3-7H,1-2H3. The van der Waals surface area contributed by atoms with E-state index in [0.717, 1.165) is 4.31 Å². The lowest BCUT2D eigenvalue weighted by Gasteiger charge is -2.10. The molecule has 0 saturated carbocycles. The van der Waals surface area contributed by atoms with Gasteiger partial charge in [0.2, 0.25) is 10.0 Å². The molecule has 1 aromatic rings. The minimum absolute atomic E-state index is 0.132. The Balaban J connectivity index is 3.27. The molecule has 0 heterocycles. The first-order chi connectivity index (χ1) is 6.48. The van der Waals surface area contributed by atoms with Gasteiger partial charge < -0.3 is 0 Å². The Hall–Kier alpha value is -1.20. The molecule has 0 bridgehead atoms. The lowest BCUT2D eigenvalue weighted by molar-refractivity contribution is 0.112. The normalized spacial score (nSPS) is 11.6. The first-order valence-electron chi connectivity index (χ1n) is 3.96. The van der Waals surface area contributed by atoms with Crippen molar-refractivity contribution in [1.29, 1.82) is 0 Å². The van der Waals surface area contributed by atoms with Crippen LogP contribution in [0.15, 0.2) is 29.2 Å². The van der Waals surface area contributed by atoms with Crippen LogP contribution in [0.2, 0.25) is 0 Å². The summed E-state index contributed by atoms with van der Waals surface area (Å²) in [6.07, 6.45) is 0.620. The molecular weight excluding hydrogens is 202 g/mol. The average molecular weight is 213 g/mol. The summed E-state index contributed by atoms with van der Waals surface area (Å²) in [6.45, 7) is 0. The van der Waals surface area contributed by atoms with Gasteiger partial charge in [-0.15, -0.1) is 0 Å². The minimum atomic E-state index is -3.44. The molecular formula is C9H11NO3S. The molecule has 0 unspecified atom stereocenters. The van der Waals surface area contributed by atoms with E-state index in [-0.39, 0.29) is 4.90 Å². The molecule has 1 rings (SSSR count). The van der Waals surface area contributed by atoms with Crippen molar-refractivity contribution in [2.45, 2.75) is 4.90 Å². The van der Waals surface area contributed by atoms with Crippen LogP contribution in [-0.2, 0) is 10.0 Å². The van der Waals surface area contributed by atoms with Crippen molar-refractivity contribution >= 4 is 16.3 Å². The van der Waals surface area contributed by atoms with Crippen molar-refractivity contribution in [3.8, 4) is 0 Å². The fourth-order valence-electron chi connectivity index (χ4n) is 0.959. The predicted molar refractivity (Wildman–Crippen MR) is 52.7 cm³/mol. The van der Waals surface area contributed by atoms with Gasteiger partial charge in [-0.25, -0.2) is 12.7 Å². The topological polar surface area (TPSA) is 54.5 Å². The van der Waals surface area contributed by atoms with Gasteiger partial charge >= 0.3 is 0 Å². The number of hydrogen-bond donors (Lipinski definition) is 0. The van der Waals surface area contributed by atoms with Crippen LogP contribution in [0.3, 0.4) is 0 Å². The van der Waals surface area contributed by atoms with Gasteiger partial charge in [0.25, 0.3) is 0 Å². The van der Waals surface area contributed by atoms with Crippen LogP contribution in [0.1, 0.15) is 10.4 Å². The van der Waals surface area contributed by atoms with Crippen molar-refractivity contribution in [3.63, 3.8) is 0 Å². The molecule has 5 heteroatoms. The van der Waals surface area contributed by atoms with Crippen LogP contribution in [-0.4, -0.2) is 33.1 Å². The highest BCUT2D eigenvalue weighted by Gasteiger charge is 2.16.